The Balaban J connectivity index is 1.37. The molecule has 0 N–H and O–H groups in total. The van der Waals surface area contributed by atoms with Crippen LogP contribution in [0.3, 0.4) is 0 Å². The van der Waals surface area contributed by atoms with Crippen LogP contribution in [0, 0.1) is 13.8 Å². The van der Waals surface area contributed by atoms with E-state index in [1.165, 1.54) is 0 Å². The summed E-state index contributed by atoms with van der Waals surface area (Å²) in [5.74, 6) is 2.14. The SMILES string of the molecule is COc1ccc(-c2noc(COc3ccc4c(C)c(Cc5ccccc5)c(=O)oc4c3C)n2)cc1. The second-order valence-corrected chi connectivity index (χ2v) is 8.25. The maximum Gasteiger partial charge on any atom is 0.340 e. The number of hydrogen-bond donors (Lipinski definition) is 0. The van der Waals surface area contributed by atoms with Crippen molar-refractivity contribution in [3.05, 3.63) is 105 Å². The molecule has 176 valence electrons. The summed E-state index contributed by atoms with van der Waals surface area (Å²) < 4.78 is 22.2. The van der Waals surface area contributed by atoms with E-state index >= 15 is 0 Å². The van der Waals surface area contributed by atoms with Gasteiger partial charge >= 0.3 is 5.63 Å². The average Bonchev–Trinajstić information content (AvgIpc) is 3.36. The van der Waals surface area contributed by atoms with E-state index in [1.54, 1.807) is 7.11 Å². The minimum atomic E-state index is -0.333. The number of ether oxygens (including phenoxy) is 2. The molecule has 2 aromatic heterocycles. The van der Waals surface area contributed by atoms with Crippen molar-refractivity contribution in [1.29, 1.82) is 0 Å². The molecule has 5 aromatic rings. The molecule has 0 aliphatic rings. The molecule has 0 aliphatic heterocycles. The first-order valence-electron chi connectivity index (χ1n) is 11.2. The minimum absolute atomic E-state index is 0.0881. The first-order chi connectivity index (χ1) is 17.0. The Kier molecular flexibility index (Phi) is 6.06. The molecule has 0 amide bonds. The molecule has 7 heteroatoms. The predicted octanol–water partition coefficient (Wildman–Crippen LogP) is 5.64. The van der Waals surface area contributed by atoms with Crippen LogP contribution in [0.25, 0.3) is 22.4 Å². The van der Waals surface area contributed by atoms with Gasteiger partial charge in [-0.3, -0.25) is 0 Å². The third-order valence-corrected chi connectivity index (χ3v) is 6.05. The van der Waals surface area contributed by atoms with Gasteiger partial charge in [0.05, 0.1) is 7.11 Å². The van der Waals surface area contributed by atoms with Crippen molar-refractivity contribution in [3.63, 3.8) is 0 Å². The molecule has 0 aliphatic carbocycles. The Bertz CT molecular complexity index is 1540. The highest BCUT2D eigenvalue weighted by atomic mass is 16.5. The maximum atomic E-state index is 12.8. The van der Waals surface area contributed by atoms with Crippen molar-refractivity contribution in [2.45, 2.75) is 26.9 Å². The first-order valence-corrected chi connectivity index (χ1v) is 11.2. The zero-order chi connectivity index (χ0) is 24.4. The van der Waals surface area contributed by atoms with Gasteiger partial charge in [0.25, 0.3) is 5.89 Å². The third kappa shape index (κ3) is 4.53. The van der Waals surface area contributed by atoms with Gasteiger partial charge in [0.15, 0.2) is 6.61 Å². The summed E-state index contributed by atoms with van der Waals surface area (Å²) in [5, 5.41) is 4.92. The fraction of sp³-hybridized carbons (Fsp3) is 0.179. The lowest BCUT2D eigenvalue weighted by atomic mass is 9.98. The minimum Gasteiger partial charge on any atom is -0.497 e. The number of aryl methyl sites for hydroxylation is 2. The summed E-state index contributed by atoms with van der Waals surface area (Å²) in [7, 11) is 1.61. The smallest absolute Gasteiger partial charge is 0.340 e. The van der Waals surface area contributed by atoms with Gasteiger partial charge < -0.3 is 18.4 Å². The summed E-state index contributed by atoms with van der Waals surface area (Å²) in [6.07, 6.45) is 0.524. The maximum absolute atomic E-state index is 12.8. The van der Waals surface area contributed by atoms with Crippen LogP contribution in [-0.4, -0.2) is 17.3 Å². The number of nitrogens with zero attached hydrogens (tertiary/aromatic N) is 2. The highest BCUT2D eigenvalue weighted by Crippen LogP contribution is 2.30. The van der Waals surface area contributed by atoms with Crippen molar-refractivity contribution in [2.24, 2.45) is 0 Å². The second kappa shape index (κ2) is 9.46. The largest absolute Gasteiger partial charge is 0.497 e. The van der Waals surface area contributed by atoms with Crippen LogP contribution in [0.5, 0.6) is 11.5 Å². The zero-order valence-electron chi connectivity index (χ0n) is 19.7. The van der Waals surface area contributed by atoms with Crippen LogP contribution in [0.1, 0.15) is 28.1 Å². The van der Waals surface area contributed by atoms with Gasteiger partial charge in [0, 0.05) is 28.5 Å². The first kappa shape index (κ1) is 22.4. The second-order valence-electron chi connectivity index (χ2n) is 8.25. The van der Waals surface area contributed by atoms with Crippen LogP contribution in [0.2, 0.25) is 0 Å². The summed E-state index contributed by atoms with van der Waals surface area (Å²) in [5.41, 5.74) is 4.37. The molecule has 35 heavy (non-hydrogen) atoms. The van der Waals surface area contributed by atoms with E-state index in [0.29, 0.717) is 35.0 Å². The van der Waals surface area contributed by atoms with Gasteiger partial charge in [-0.15, -0.1) is 0 Å². The van der Waals surface area contributed by atoms with Gasteiger partial charge in [-0.05, 0) is 61.4 Å². The van der Waals surface area contributed by atoms with Gasteiger partial charge in [-0.2, -0.15) is 4.98 Å². The quantitative estimate of drug-likeness (QED) is 0.286. The molecule has 2 heterocycles. The molecule has 0 unspecified atom stereocenters. The van der Waals surface area contributed by atoms with E-state index in [9.17, 15) is 4.79 Å². The zero-order valence-corrected chi connectivity index (χ0v) is 19.7. The normalized spacial score (nSPS) is 11.1. The monoisotopic (exact) mass is 468 g/mol. The Morgan fingerprint density at radius 1 is 0.914 bits per heavy atom. The molecule has 0 atom stereocenters. The van der Waals surface area contributed by atoms with Crippen LogP contribution < -0.4 is 15.1 Å². The van der Waals surface area contributed by atoms with E-state index in [2.05, 4.69) is 10.1 Å². The van der Waals surface area contributed by atoms with Crippen LogP contribution in [0.15, 0.2) is 80.5 Å². The van der Waals surface area contributed by atoms with E-state index < -0.39 is 0 Å². The molecule has 0 bridgehead atoms. The molecule has 0 saturated carbocycles. The molecular formula is C28H24N2O5. The number of benzene rings is 3. The standard InChI is InChI=1S/C28H24N2O5/c1-17-22-13-14-24(18(2)26(22)34-28(31)23(17)15-19-7-5-4-6-8-19)33-16-25-29-27(30-35-25)20-9-11-21(32-3)12-10-20/h4-14H,15-16H2,1-3H3. The van der Waals surface area contributed by atoms with E-state index in [4.69, 9.17) is 18.4 Å². The van der Waals surface area contributed by atoms with Crippen LogP contribution in [0.4, 0.5) is 0 Å². The molecule has 7 nitrogen and oxygen atoms in total. The summed E-state index contributed by atoms with van der Waals surface area (Å²) in [6, 6.07) is 21.1. The number of methoxy groups -OCH3 is 1. The number of hydrogen-bond acceptors (Lipinski definition) is 7. The van der Waals surface area contributed by atoms with Crippen LogP contribution in [-0.2, 0) is 13.0 Å². The molecular weight excluding hydrogens is 444 g/mol. The highest BCUT2D eigenvalue weighted by Gasteiger charge is 2.17. The molecule has 0 radical (unpaired) electrons. The van der Waals surface area contributed by atoms with Crippen LogP contribution >= 0.6 is 0 Å². The van der Waals surface area contributed by atoms with Gasteiger partial charge in [-0.25, -0.2) is 4.79 Å². The highest BCUT2D eigenvalue weighted by molar-refractivity contribution is 5.85. The van der Waals surface area contributed by atoms with Gasteiger partial charge in [-0.1, -0.05) is 35.5 Å². The summed E-state index contributed by atoms with van der Waals surface area (Å²) in [4.78, 5) is 17.2. The Morgan fingerprint density at radius 3 is 2.43 bits per heavy atom. The van der Waals surface area contributed by atoms with Crippen molar-refractivity contribution in [2.75, 3.05) is 7.11 Å². The fourth-order valence-electron chi connectivity index (χ4n) is 4.04. The van der Waals surface area contributed by atoms with Crippen molar-refractivity contribution >= 4 is 11.0 Å². The molecule has 5 rings (SSSR count). The lowest BCUT2D eigenvalue weighted by molar-refractivity contribution is 0.241. The Labute approximate surface area is 201 Å². The lowest BCUT2D eigenvalue weighted by Gasteiger charge is -2.12. The fourth-order valence-corrected chi connectivity index (χ4v) is 4.04. The molecule has 0 saturated heterocycles. The van der Waals surface area contributed by atoms with Crippen molar-refractivity contribution in [1.82, 2.24) is 10.1 Å². The number of aromatic nitrogens is 2. The number of fused-ring (bicyclic) bond motifs is 1. The van der Waals surface area contributed by atoms with Crippen molar-refractivity contribution < 1.29 is 18.4 Å². The van der Waals surface area contributed by atoms with E-state index in [1.807, 2.05) is 80.6 Å². The summed E-state index contributed by atoms with van der Waals surface area (Å²) >= 11 is 0. The number of rotatable bonds is 7. The van der Waals surface area contributed by atoms with E-state index in [-0.39, 0.29) is 12.2 Å². The average molecular weight is 469 g/mol. The lowest BCUT2D eigenvalue weighted by Crippen LogP contribution is -2.11. The summed E-state index contributed by atoms with van der Waals surface area (Å²) in [6.45, 7) is 3.91. The molecule has 0 fully saturated rings. The molecule has 0 spiro atoms. The Hall–Kier alpha value is -4.39. The van der Waals surface area contributed by atoms with Gasteiger partial charge in [0.1, 0.15) is 17.1 Å². The van der Waals surface area contributed by atoms with Crippen molar-refractivity contribution in [3.8, 4) is 22.9 Å². The third-order valence-electron chi connectivity index (χ3n) is 6.05. The van der Waals surface area contributed by atoms with E-state index in [0.717, 1.165) is 33.4 Å². The predicted molar refractivity (Wildman–Crippen MR) is 132 cm³/mol. The van der Waals surface area contributed by atoms with Gasteiger partial charge in [0.2, 0.25) is 5.82 Å². The Morgan fingerprint density at radius 2 is 1.69 bits per heavy atom. The molecule has 3 aromatic carbocycles. The topological polar surface area (TPSA) is 87.6 Å².